The Morgan fingerprint density at radius 2 is 1.69 bits per heavy atom. The van der Waals surface area contributed by atoms with Gasteiger partial charge in [-0.05, 0) is 60.7 Å². The molecule has 0 aliphatic heterocycles. The van der Waals surface area contributed by atoms with Gasteiger partial charge >= 0.3 is 0 Å². The van der Waals surface area contributed by atoms with Crippen molar-refractivity contribution < 1.29 is 22.7 Å². The lowest BCUT2D eigenvalue weighted by Crippen LogP contribution is -2.38. The highest BCUT2D eigenvalue weighted by Crippen LogP contribution is 2.26. The molecule has 3 aromatic rings. The molecule has 0 aliphatic carbocycles. The van der Waals surface area contributed by atoms with Crippen LogP contribution in [0, 0.1) is 0 Å². The van der Waals surface area contributed by atoms with E-state index in [1.165, 1.54) is 61.7 Å². The second-order valence-electron chi connectivity index (χ2n) is 7.26. The second kappa shape index (κ2) is 11.5. The van der Waals surface area contributed by atoms with Crippen LogP contribution in [0.15, 0.2) is 90.3 Å². The quantitative estimate of drug-likeness (QED) is 0.397. The molecule has 0 saturated carbocycles. The number of sulfonamides is 1. The minimum absolute atomic E-state index is 0.0229. The topological polar surface area (TPSA) is 105 Å². The van der Waals surface area contributed by atoms with Gasteiger partial charge in [-0.15, -0.1) is 6.58 Å². The van der Waals surface area contributed by atoms with Gasteiger partial charge in [0.25, 0.3) is 15.9 Å². The largest absolute Gasteiger partial charge is 0.497 e. The summed E-state index contributed by atoms with van der Waals surface area (Å²) in [7, 11) is -2.66. The molecule has 182 valence electrons. The fourth-order valence-electron chi connectivity index (χ4n) is 3.17. The van der Waals surface area contributed by atoms with Gasteiger partial charge in [0.05, 0.1) is 28.9 Å². The van der Waals surface area contributed by atoms with Crippen molar-refractivity contribution in [1.82, 2.24) is 5.32 Å². The Bertz CT molecular complexity index is 1310. The normalized spacial score (nSPS) is 10.8. The molecule has 0 fully saturated rings. The van der Waals surface area contributed by atoms with Crippen LogP contribution in [0.3, 0.4) is 0 Å². The van der Waals surface area contributed by atoms with Gasteiger partial charge in [-0.2, -0.15) is 0 Å². The molecule has 0 unspecified atom stereocenters. The zero-order valence-corrected chi connectivity index (χ0v) is 20.5. The first-order chi connectivity index (χ1) is 16.8. The van der Waals surface area contributed by atoms with E-state index >= 15 is 0 Å². The van der Waals surface area contributed by atoms with E-state index in [0.29, 0.717) is 10.8 Å². The van der Waals surface area contributed by atoms with Crippen LogP contribution in [-0.4, -0.2) is 40.4 Å². The molecular formula is C25H24ClN3O5S. The number of hydrogen-bond acceptors (Lipinski definition) is 5. The van der Waals surface area contributed by atoms with E-state index in [9.17, 15) is 18.0 Å². The molecule has 3 aromatic carbocycles. The highest BCUT2D eigenvalue weighted by molar-refractivity contribution is 7.92. The fraction of sp³-hybridized carbons (Fsp3) is 0.120. The number of anilines is 2. The standard InChI is InChI=1S/C25H24ClN3O5S/c1-3-16-27-25(31)22-6-4-5-7-23(22)28-24(30)17-29(19-10-8-18(26)9-11-19)35(32,33)21-14-12-20(34-2)13-15-21/h3-15H,1,16-17H2,2H3,(H,27,31)(H,28,30). The first-order valence-electron chi connectivity index (χ1n) is 10.5. The maximum Gasteiger partial charge on any atom is 0.264 e. The van der Waals surface area contributed by atoms with E-state index in [-0.39, 0.29) is 28.4 Å². The average molecular weight is 514 g/mol. The number of carbonyl (C=O) groups excluding carboxylic acids is 2. The van der Waals surface area contributed by atoms with Crippen LogP contribution in [0.1, 0.15) is 10.4 Å². The lowest BCUT2D eigenvalue weighted by Gasteiger charge is -2.24. The Balaban J connectivity index is 1.91. The summed E-state index contributed by atoms with van der Waals surface area (Å²) in [6, 6.07) is 18.3. The predicted octanol–water partition coefficient (Wildman–Crippen LogP) is 4.10. The van der Waals surface area contributed by atoms with E-state index in [2.05, 4.69) is 17.2 Å². The van der Waals surface area contributed by atoms with Crippen LogP contribution in [0.5, 0.6) is 5.75 Å². The summed E-state index contributed by atoms with van der Waals surface area (Å²) < 4.78 is 33.1. The lowest BCUT2D eigenvalue weighted by atomic mass is 10.1. The van der Waals surface area contributed by atoms with Crippen molar-refractivity contribution in [3.63, 3.8) is 0 Å². The highest BCUT2D eigenvalue weighted by Gasteiger charge is 2.28. The Hall–Kier alpha value is -3.82. The van der Waals surface area contributed by atoms with Crippen molar-refractivity contribution >= 4 is 44.8 Å². The van der Waals surface area contributed by atoms with Crippen molar-refractivity contribution in [2.24, 2.45) is 0 Å². The fourth-order valence-corrected chi connectivity index (χ4v) is 4.71. The van der Waals surface area contributed by atoms with Crippen LogP contribution in [-0.2, 0) is 14.8 Å². The van der Waals surface area contributed by atoms with Gasteiger partial charge in [-0.1, -0.05) is 29.8 Å². The average Bonchev–Trinajstić information content (AvgIpc) is 2.86. The summed E-state index contributed by atoms with van der Waals surface area (Å²) >= 11 is 5.97. The zero-order chi connectivity index (χ0) is 25.4. The molecule has 0 aliphatic rings. The Morgan fingerprint density at radius 3 is 2.31 bits per heavy atom. The SMILES string of the molecule is C=CCNC(=O)c1ccccc1NC(=O)CN(c1ccc(Cl)cc1)S(=O)(=O)c1ccc(OC)cc1. The summed E-state index contributed by atoms with van der Waals surface area (Å²) in [6.07, 6.45) is 1.53. The third-order valence-electron chi connectivity index (χ3n) is 4.90. The Kier molecular flexibility index (Phi) is 8.51. The van der Waals surface area contributed by atoms with Gasteiger partial charge in [0.2, 0.25) is 5.91 Å². The molecular weight excluding hydrogens is 490 g/mol. The number of nitrogens with zero attached hydrogens (tertiary/aromatic N) is 1. The van der Waals surface area contributed by atoms with Crippen LogP contribution < -0.4 is 19.7 Å². The van der Waals surface area contributed by atoms with Crippen molar-refractivity contribution in [3.8, 4) is 5.75 Å². The summed E-state index contributed by atoms with van der Waals surface area (Å²) in [5.41, 5.74) is 0.730. The van der Waals surface area contributed by atoms with Gasteiger partial charge in [0.1, 0.15) is 12.3 Å². The zero-order valence-electron chi connectivity index (χ0n) is 18.9. The molecule has 2 N–H and O–H groups in total. The van der Waals surface area contributed by atoms with Crippen molar-refractivity contribution in [1.29, 1.82) is 0 Å². The lowest BCUT2D eigenvalue weighted by molar-refractivity contribution is -0.114. The molecule has 8 nitrogen and oxygen atoms in total. The molecule has 0 atom stereocenters. The van der Waals surface area contributed by atoms with Crippen LogP contribution in [0.4, 0.5) is 11.4 Å². The van der Waals surface area contributed by atoms with Gasteiger partial charge in [-0.25, -0.2) is 8.42 Å². The van der Waals surface area contributed by atoms with Crippen LogP contribution >= 0.6 is 11.6 Å². The molecule has 2 amide bonds. The second-order valence-corrected chi connectivity index (χ2v) is 9.55. The number of rotatable bonds is 10. The van der Waals surface area contributed by atoms with E-state index in [0.717, 1.165) is 4.31 Å². The minimum atomic E-state index is -4.13. The maximum atomic E-state index is 13.5. The van der Waals surface area contributed by atoms with E-state index in [1.807, 2.05) is 0 Å². The van der Waals surface area contributed by atoms with Crippen molar-refractivity contribution in [2.45, 2.75) is 4.90 Å². The van der Waals surface area contributed by atoms with E-state index in [4.69, 9.17) is 16.3 Å². The number of nitrogens with one attached hydrogen (secondary N) is 2. The number of benzene rings is 3. The first-order valence-corrected chi connectivity index (χ1v) is 12.3. The number of methoxy groups -OCH3 is 1. The van der Waals surface area contributed by atoms with Crippen molar-refractivity contribution in [2.75, 3.05) is 29.8 Å². The summed E-state index contributed by atoms with van der Waals surface area (Å²) in [5, 5.41) is 5.71. The molecule has 0 saturated heterocycles. The van der Waals surface area contributed by atoms with E-state index < -0.39 is 28.4 Å². The number of halogens is 1. The summed E-state index contributed by atoms with van der Waals surface area (Å²) in [4.78, 5) is 25.4. The number of para-hydroxylation sites is 1. The third kappa shape index (κ3) is 6.40. The third-order valence-corrected chi connectivity index (χ3v) is 6.94. The van der Waals surface area contributed by atoms with Crippen LogP contribution in [0.25, 0.3) is 0 Å². The number of ether oxygens (including phenoxy) is 1. The molecule has 0 heterocycles. The smallest absolute Gasteiger partial charge is 0.264 e. The molecule has 35 heavy (non-hydrogen) atoms. The monoisotopic (exact) mass is 513 g/mol. The van der Waals surface area contributed by atoms with E-state index in [1.54, 1.807) is 24.3 Å². The van der Waals surface area contributed by atoms with Gasteiger partial charge in [0, 0.05) is 11.6 Å². The molecule has 10 heteroatoms. The number of hydrogen-bond donors (Lipinski definition) is 2. The predicted molar refractivity (Wildman–Crippen MR) is 137 cm³/mol. The number of carbonyl (C=O) groups is 2. The first kappa shape index (κ1) is 25.8. The summed E-state index contributed by atoms with van der Waals surface area (Å²) in [6.45, 7) is 3.27. The molecule has 0 aromatic heterocycles. The number of amides is 2. The maximum absolute atomic E-state index is 13.5. The molecule has 0 spiro atoms. The van der Waals surface area contributed by atoms with Gasteiger partial charge in [0.15, 0.2) is 0 Å². The Labute approximate surface area is 209 Å². The van der Waals surface area contributed by atoms with Crippen molar-refractivity contribution in [3.05, 3.63) is 96.0 Å². The van der Waals surface area contributed by atoms with Gasteiger partial charge in [-0.3, -0.25) is 13.9 Å². The van der Waals surface area contributed by atoms with Gasteiger partial charge < -0.3 is 15.4 Å². The summed E-state index contributed by atoms with van der Waals surface area (Å²) in [5.74, 6) is -0.548. The molecule has 0 radical (unpaired) electrons. The Morgan fingerprint density at radius 1 is 1.03 bits per heavy atom. The highest BCUT2D eigenvalue weighted by atomic mass is 35.5. The minimum Gasteiger partial charge on any atom is -0.497 e. The molecule has 0 bridgehead atoms. The molecule has 3 rings (SSSR count). The van der Waals surface area contributed by atoms with Crippen LogP contribution in [0.2, 0.25) is 5.02 Å².